The summed E-state index contributed by atoms with van der Waals surface area (Å²) < 4.78 is 33.3. The van der Waals surface area contributed by atoms with Crippen LogP contribution in [-0.4, -0.2) is 60.1 Å². The highest BCUT2D eigenvalue weighted by Crippen LogP contribution is 2.48. The Morgan fingerprint density at radius 3 is 1.24 bits per heavy atom. The summed E-state index contributed by atoms with van der Waals surface area (Å²) >= 11 is 0. The molecule has 2 saturated carbocycles. The Morgan fingerprint density at radius 2 is 1.00 bits per heavy atom. The van der Waals surface area contributed by atoms with Gasteiger partial charge in [0, 0.05) is 11.8 Å². The molecule has 0 aromatic rings. The number of esters is 2. The average Bonchev–Trinajstić information content (AvgIpc) is 3.52. The molecule has 6 atom stereocenters. The minimum atomic E-state index is -0.508. The zero-order valence-electron chi connectivity index (χ0n) is 22.6. The van der Waals surface area contributed by atoms with Crippen LogP contribution in [0.1, 0.15) is 82.1 Å². The summed E-state index contributed by atoms with van der Waals surface area (Å²) in [5, 5.41) is 0. The number of hydrogen-bond donors (Lipinski definition) is 0. The average molecular weight is 485 g/mol. The van der Waals surface area contributed by atoms with Gasteiger partial charge in [0.2, 0.25) is 0 Å². The molecule has 0 unspecified atom stereocenters. The third kappa shape index (κ3) is 7.90. The van der Waals surface area contributed by atoms with Gasteiger partial charge in [-0.05, 0) is 82.1 Å². The summed E-state index contributed by atoms with van der Waals surface area (Å²) in [6.45, 7) is 20.1. The molecule has 196 valence electrons. The van der Waals surface area contributed by atoms with E-state index in [9.17, 15) is 9.59 Å². The lowest BCUT2D eigenvalue weighted by Crippen LogP contribution is -2.27. The van der Waals surface area contributed by atoms with Crippen molar-refractivity contribution in [2.45, 2.75) is 117 Å². The van der Waals surface area contributed by atoms with Gasteiger partial charge in [0.1, 0.15) is 11.2 Å². The smallest absolute Gasteiger partial charge is 0.309 e. The third-order valence-electron chi connectivity index (χ3n) is 6.11. The molecule has 0 aromatic heterocycles. The van der Waals surface area contributed by atoms with Crippen molar-refractivity contribution in [2.75, 3.05) is 13.2 Å². The standard InChI is InChI=1S/2C13H22O4/c2*1-12(2,3)17-11(14)9-6-8(9)10-7-15-13(4,5)16-10/h2*8-10H,6-7H2,1-5H3/t8-,9-,10+;8-,9-,10-/m01/s1. The van der Waals surface area contributed by atoms with Crippen molar-refractivity contribution >= 4 is 11.9 Å². The summed E-state index contributed by atoms with van der Waals surface area (Å²) in [4.78, 5) is 23.7. The second kappa shape index (κ2) is 9.34. The van der Waals surface area contributed by atoms with Crippen LogP contribution in [0.25, 0.3) is 0 Å². The predicted molar refractivity (Wildman–Crippen MR) is 125 cm³/mol. The van der Waals surface area contributed by atoms with Gasteiger partial charge in [0.25, 0.3) is 0 Å². The Bertz CT molecular complexity index is 696. The maximum Gasteiger partial charge on any atom is 0.309 e. The first-order chi connectivity index (χ1) is 15.4. The molecule has 2 aliphatic carbocycles. The van der Waals surface area contributed by atoms with Gasteiger partial charge >= 0.3 is 11.9 Å². The van der Waals surface area contributed by atoms with E-state index >= 15 is 0 Å². The van der Waals surface area contributed by atoms with E-state index in [-0.39, 0.29) is 47.8 Å². The van der Waals surface area contributed by atoms with Gasteiger partial charge in [-0.3, -0.25) is 9.59 Å². The zero-order chi connectivity index (χ0) is 25.7. The van der Waals surface area contributed by atoms with Crippen LogP contribution in [0.3, 0.4) is 0 Å². The lowest BCUT2D eigenvalue weighted by molar-refractivity contribution is -0.159. The normalized spacial score (nSPS) is 35.7. The monoisotopic (exact) mass is 484 g/mol. The van der Waals surface area contributed by atoms with Crippen molar-refractivity contribution in [1.82, 2.24) is 0 Å². The number of carbonyl (C=O) groups is 2. The molecule has 0 bridgehead atoms. The lowest BCUT2D eigenvalue weighted by Gasteiger charge is -2.20. The zero-order valence-corrected chi connectivity index (χ0v) is 22.6. The molecule has 2 saturated heterocycles. The van der Waals surface area contributed by atoms with E-state index in [0.29, 0.717) is 13.2 Å². The fourth-order valence-electron chi connectivity index (χ4n) is 4.40. The first-order valence-electron chi connectivity index (χ1n) is 12.5. The largest absolute Gasteiger partial charge is 0.460 e. The Balaban J connectivity index is 0.000000191. The first-order valence-corrected chi connectivity index (χ1v) is 12.5. The maximum absolute atomic E-state index is 11.8. The Hall–Kier alpha value is -1.22. The lowest BCUT2D eigenvalue weighted by atomic mass is 10.1. The molecule has 0 spiro atoms. The highest BCUT2D eigenvalue weighted by molar-refractivity contribution is 5.76. The molecular formula is C26H44O8. The van der Waals surface area contributed by atoms with Crippen LogP contribution in [0, 0.1) is 23.7 Å². The van der Waals surface area contributed by atoms with Crippen LogP contribution in [-0.2, 0) is 38.0 Å². The molecule has 0 N–H and O–H groups in total. The molecule has 8 heteroatoms. The molecule has 0 radical (unpaired) electrons. The number of ether oxygens (including phenoxy) is 6. The van der Waals surface area contributed by atoms with Crippen molar-refractivity contribution in [3.63, 3.8) is 0 Å². The number of carbonyl (C=O) groups excluding carboxylic acids is 2. The molecule has 4 aliphatic rings. The van der Waals surface area contributed by atoms with Crippen LogP contribution < -0.4 is 0 Å². The fourth-order valence-corrected chi connectivity index (χ4v) is 4.40. The summed E-state index contributed by atoms with van der Waals surface area (Å²) in [6, 6.07) is 0. The molecule has 0 amide bonds. The van der Waals surface area contributed by atoms with Crippen molar-refractivity contribution < 1.29 is 38.0 Å². The van der Waals surface area contributed by atoms with Gasteiger partial charge < -0.3 is 28.4 Å². The topological polar surface area (TPSA) is 89.5 Å². The van der Waals surface area contributed by atoms with Crippen LogP contribution >= 0.6 is 0 Å². The van der Waals surface area contributed by atoms with Gasteiger partial charge in [-0.25, -0.2) is 0 Å². The van der Waals surface area contributed by atoms with E-state index in [4.69, 9.17) is 28.4 Å². The SMILES string of the molecule is CC(C)(C)OC(=O)[C@@H]1C[C@H]1[C@H]1COC(C)(C)O1.CC(C)(C)OC(=O)[C@H]1C[C@@H]1[C@H]1COC(C)(C)O1. The molecule has 34 heavy (non-hydrogen) atoms. The Labute approximate surface area is 204 Å². The highest BCUT2D eigenvalue weighted by atomic mass is 16.7. The molecule has 8 nitrogen and oxygen atoms in total. The minimum Gasteiger partial charge on any atom is -0.460 e. The van der Waals surface area contributed by atoms with Crippen molar-refractivity contribution in [3.05, 3.63) is 0 Å². The van der Waals surface area contributed by atoms with E-state index in [2.05, 4.69) is 0 Å². The van der Waals surface area contributed by atoms with E-state index in [1.807, 2.05) is 69.2 Å². The van der Waals surface area contributed by atoms with Crippen molar-refractivity contribution in [2.24, 2.45) is 23.7 Å². The summed E-state index contributed by atoms with van der Waals surface area (Å²) in [5.74, 6) is -0.685. The van der Waals surface area contributed by atoms with Crippen molar-refractivity contribution in [3.8, 4) is 0 Å². The third-order valence-corrected chi connectivity index (χ3v) is 6.11. The van der Waals surface area contributed by atoms with Gasteiger partial charge in [-0.15, -0.1) is 0 Å². The first kappa shape index (κ1) is 27.4. The van der Waals surface area contributed by atoms with Gasteiger partial charge in [0.15, 0.2) is 11.6 Å². The fraction of sp³-hybridized carbons (Fsp3) is 0.923. The van der Waals surface area contributed by atoms with Gasteiger partial charge in [-0.1, -0.05) is 0 Å². The Kier molecular flexibility index (Phi) is 7.52. The van der Waals surface area contributed by atoms with Gasteiger partial charge in [0.05, 0.1) is 37.3 Å². The number of hydrogen-bond acceptors (Lipinski definition) is 8. The maximum atomic E-state index is 11.8. The second-order valence-corrected chi connectivity index (χ2v) is 12.8. The molecule has 4 rings (SSSR count). The van der Waals surface area contributed by atoms with E-state index < -0.39 is 22.8 Å². The van der Waals surface area contributed by atoms with Crippen LogP contribution in [0.2, 0.25) is 0 Å². The summed E-state index contributed by atoms with van der Waals surface area (Å²) in [6.07, 6.45) is 1.81. The Morgan fingerprint density at radius 1 is 0.676 bits per heavy atom. The minimum absolute atomic E-state index is 0.00303. The highest BCUT2D eigenvalue weighted by Gasteiger charge is 2.54. The van der Waals surface area contributed by atoms with Crippen molar-refractivity contribution in [1.29, 1.82) is 0 Å². The van der Waals surface area contributed by atoms with E-state index in [1.54, 1.807) is 0 Å². The molecule has 4 fully saturated rings. The summed E-state index contributed by atoms with van der Waals surface area (Å²) in [5.41, 5.74) is -0.812. The van der Waals surface area contributed by atoms with E-state index in [1.165, 1.54) is 0 Å². The molecule has 0 aromatic carbocycles. The van der Waals surface area contributed by atoms with Crippen LogP contribution in [0.15, 0.2) is 0 Å². The van der Waals surface area contributed by atoms with E-state index in [0.717, 1.165) is 12.8 Å². The number of rotatable bonds is 4. The molecule has 2 heterocycles. The molecular weight excluding hydrogens is 440 g/mol. The molecule has 2 aliphatic heterocycles. The van der Waals surface area contributed by atoms with Crippen LogP contribution in [0.5, 0.6) is 0 Å². The second-order valence-electron chi connectivity index (χ2n) is 12.8. The quantitative estimate of drug-likeness (QED) is 0.548. The van der Waals surface area contributed by atoms with Gasteiger partial charge in [-0.2, -0.15) is 0 Å². The summed E-state index contributed by atoms with van der Waals surface area (Å²) in [7, 11) is 0. The predicted octanol–water partition coefficient (Wildman–Crippen LogP) is 4.23. The van der Waals surface area contributed by atoms with Crippen LogP contribution in [0.4, 0.5) is 0 Å².